The zero-order valence-corrected chi connectivity index (χ0v) is 13.4. The van der Waals surface area contributed by atoms with Crippen molar-refractivity contribution < 1.29 is 0 Å². The maximum absolute atomic E-state index is 5.81. The van der Waals surface area contributed by atoms with Crippen molar-refractivity contribution in [3.63, 3.8) is 0 Å². The van der Waals surface area contributed by atoms with Gasteiger partial charge in [-0.2, -0.15) is 0 Å². The summed E-state index contributed by atoms with van der Waals surface area (Å²) in [5.74, 6) is 0. The molecule has 1 aliphatic heterocycles. The summed E-state index contributed by atoms with van der Waals surface area (Å²) in [4.78, 5) is 0. The molecule has 1 aliphatic rings. The third-order valence-corrected chi connectivity index (χ3v) is 24.1. The summed E-state index contributed by atoms with van der Waals surface area (Å²) < 4.78 is 3.94. The molecule has 0 aromatic heterocycles. The predicted molar refractivity (Wildman–Crippen MR) is 63.2 cm³/mol. The maximum Gasteiger partial charge on any atom is 0.416 e. The van der Waals surface area contributed by atoms with Crippen LogP contribution in [0.1, 0.15) is 0 Å². The van der Waals surface area contributed by atoms with Gasteiger partial charge in [0, 0.05) is 0 Å². The van der Waals surface area contributed by atoms with Crippen LogP contribution in [0.5, 0.6) is 0 Å². The first-order chi connectivity index (χ1) is 5.07. The van der Waals surface area contributed by atoms with Crippen molar-refractivity contribution in [1.29, 1.82) is 0 Å². The fraction of sp³-hybridized carbons (Fsp3) is 0. The number of nitrogens with one attached hydrogen (secondary N) is 1. The molecule has 0 aromatic carbocycles. The number of nitrogens with zero attached hydrogens (tertiary/aromatic N) is 1. The fourth-order valence-electron chi connectivity index (χ4n) is 0.735. The summed E-state index contributed by atoms with van der Waals surface area (Å²) in [6.07, 6.45) is -3.16. The molecule has 0 aromatic rings. The van der Waals surface area contributed by atoms with Crippen LogP contribution in [0.15, 0.2) is 0 Å². The minimum Gasteiger partial charge on any atom is -0.287 e. The molecule has 1 fully saturated rings. The van der Waals surface area contributed by atoms with Gasteiger partial charge in [-0.1, -0.05) is 0 Å². The molecule has 72 valence electrons. The smallest absolute Gasteiger partial charge is 0.287 e. The lowest BCUT2D eigenvalue weighted by Gasteiger charge is -2.52. The Bertz CT molecular complexity index is 167. The predicted octanol–water partition coefficient (Wildman–Crippen LogP) is 2.87. The van der Waals surface area contributed by atoms with E-state index < -0.39 is 20.2 Å². The number of rotatable bonds is 1. The van der Waals surface area contributed by atoms with Gasteiger partial charge in [-0.05, 0) is 0 Å². The van der Waals surface area contributed by atoms with Crippen LogP contribution in [0.4, 0.5) is 0 Å². The molecule has 12 heavy (non-hydrogen) atoms. The van der Waals surface area contributed by atoms with Gasteiger partial charge in [-0.3, -0.25) is 8.54 Å². The first-order valence-electron chi connectivity index (χ1n) is 2.49. The van der Waals surface area contributed by atoms with Gasteiger partial charge < -0.3 is 0 Å². The molecular formula is HCl7N2Si3. The minimum absolute atomic E-state index is 1.28. The van der Waals surface area contributed by atoms with Crippen LogP contribution in [0.2, 0.25) is 0 Å². The largest absolute Gasteiger partial charge is 0.416 e. The van der Waals surface area contributed by atoms with Crippen LogP contribution in [-0.2, 0) is 0 Å². The van der Waals surface area contributed by atoms with E-state index in [0.717, 1.165) is 0 Å². The maximum atomic E-state index is 5.81. The van der Waals surface area contributed by atoms with E-state index in [1.807, 2.05) is 0 Å². The first kappa shape index (κ1) is 12.7. The van der Waals surface area contributed by atoms with Gasteiger partial charge >= 0.3 is 20.2 Å². The SMILES string of the molecule is Cl[Si](Cl)(Cl)N1[Si](Cl)(Cl)N[Si]1(Cl)Cl. The van der Waals surface area contributed by atoms with Crippen LogP contribution in [-0.4, -0.2) is 24.1 Å². The Morgan fingerprint density at radius 3 is 1.33 bits per heavy atom. The molecule has 1 rings (SSSR count). The molecule has 1 saturated heterocycles. The van der Waals surface area contributed by atoms with Gasteiger partial charge in [-0.25, -0.2) is 0 Å². The number of hydrogen-bond donors (Lipinski definition) is 1. The van der Waals surface area contributed by atoms with Gasteiger partial charge in [0.25, 0.3) is 0 Å². The van der Waals surface area contributed by atoms with Gasteiger partial charge in [0.15, 0.2) is 0 Å². The normalized spacial score (nSPS) is 28.2. The molecule has 0 radical (unpaired) electrons. The zero-order chi connectivity index (χ0) is 9.78. The van der Waals surface area contributed by atoms with Gasteiger partial charge in [-0.15, -0.1) is 77.6 Å². The van der Waals surface area contributed by atoms with E-state index in [4.69, 9.17) is 77.6 Å². The molecule has 0 spiro atoms. The minimum atomic E-state index is -3.16. The fourth-order valence-corrected chi connectivity index (χ4v) is 36.5. The highest BCUT2D eigenvalue weighted by Gasteiger charge is 2.71. The lowest BCUT2D eigenvalue weighted by Crippen LogP contribution is -2.88. The summed E-state index contributed by atoms with van der Waals surface area (Å²) in [5, 5.41) is 0. The highest BCUT2D eigenvalue weighted by Crippen LogP contribution is 2.46. The van der Waals surface area contributed by atoms with E-state index in [9.17, 15) is 0 Å². The van der Waals surface area contributed by atoms with Crippen molar-refractivity contribution in [3.05, 3.63) is 0 Å². The molecule has 0 aliphatic carbocycles. The summed E-state index contributed by atoms with van der Waals surface area (Å²) in [6.45, 7) is 0. The van der Waals surface area contributed by atoms with Gasteiger partial charge in [0.1, 0.15) is 0 Å². The second kappa shape index (κ2) is 3.57. The molecule has 1 N–H and O–H groups in total. The third-order valence-electron chi connectivity index (χ3n) is 1.12. The van der Waals surface area contributed by atoms with Crippen molar-refractivity contribution in [2.24, 2.45) is 0 Å². The molecule has 1 heterocycles. The van der Waals surface area contributed by atoms with Crippen molar-refractivity contribution in [1.82, 2.24) is 8.54 Å². The average molecular weight is 361 g/mol. The lowest BCUT2D eigenvalue weighted by atomic mass is 13.7. The Kier molecular flexibility index (Phi) is 3.77. The molecule has 0 amide bonds. The Morgan fingerprint density at radius 1 is 0.917 bits per heavy atom. The van der Waals surface area contributed by atoms with Crippen molar-refractivity contribution in [2.75, 3.05) is 0 Å². The van der Waals surface area contributed by atoms with Crippen LogP contribution >= 0.6 is 77.6 Å². The monoisotopic (exact) mass is 358 g/mol. The van der Waals surface area contributed by atoms with E-state index in [2.05, 4.69) is 4.65 Å². The third kappa shape index (κ3) is 2.40. The van der Waals surface area contributed by atoms with Crippen LogP contribution in [0.25, 0.3) is 0 Å². The second-order valence-corrected chi connectivity index (χ2v) is 23.2. The Labute approximate surface area is 105 Å². The Balaban J connectivity index is 2.87. The highest BCUT2D eigenvalue weighted by atomic mass is 35.8. The Morgan fingerprint density at radius 2 is 1.25 bits per heavy atom. The average Bonchev–Trinajstić information content (AvgIpc) is 1.48. The Hall–Kier alpha value is 2.60. The van der Waals surface area contributed by atoms with Crippen molar-refractivity contribution in [2.45, 2.75) is 0 Å². The molecule has 0 bridgehead atoms. The van der Waals surface area contributed by atoms with E-state index in [-0.39, 0.29) is 0 Å². The first-order valence-corrected chi connectivity index (χ1v) is 15.4. The second-order valence-electron chi connectivity index (χ2n) is 2.01. The van der Waals surface area contributed by atoms with Crippen LogP contribution in [0.3, 0.4) is 0 Å². The molecule has 2 nitrogen and oxygen atoms in total. The standard InChI is InChI=1S/Cl7HN2Si3/c1-10(2,3)9-11(4,5)8-12(9,6)7/h8H. The van der Waals surface area contributed by atoms with E-state index in [0.29, 0.717) is 0 Å². The number of hydrogen-bond acceptors (Lipinski definition) is 2. The van der Waals surface area contributed by atoms with E-state index >= 15 is 0 Å². The lowest BCUT2D eigenvalue weighted by molar-refractivity contribution is 0.907. The summed E-state index contributed by atoms with van der Waals surface area (Å²) >= 11 is 40.3. The van der Waals surface area contributed by atoms with E-state index in [1.165, 1.54) is 3.90 Å². The van der Waals surface area contributed by atoms with E-state index in [1.54, 1.807) is 0 Å². The summed E-state index contributed by atoms with van der Waals surface area (Å²) in [5.41, 5.74) is 0. The molecule has 0 atom stereocenters. The topological polar surface area (TPSA) is 15.3 Å². The van der Waals surface area contributed by atoms with Gasteiger partial charge in [0.05, 0.1) is 0 Å². The molecule has 0 saturated carbocycles. The zero-order valence-electron chi connectivity index (χ0n) is 5.09. The number of halogens is 7. The van der Waals surface area contributed by atoms with Crippen LogP contribution < -0.4 is 4.65 Å². The van der Waals surface area contributed by atoms with Crippen LogP contribution in [0, 0.1) is 0 Å². The molecule has 0 unspecified atom stereocenters. The molecule has 12 heteroatoms. The summed E-state index contributed by atoms with van der Waals surface area (Å²) in [6, 6.07) is 0. The quantitative estimate of drug-likeness (QED) is 0.571. The van der Waals surface area contributed by atoms with Gasteiger partial charge in [0.2, 0.25) is 0 Å². The van der Waals surface area contributed by atoms with Crippen molar-refractivity contribution >= 4 is 97.8 Å². The molecular weight excluding hydrogens is 360 g/mol. The van der Waals surface area contributed by atoms with Crippen molar-refractivity contribution in [3.8, 4) is 0 Å². The highest BCUT2D eigenvalue weighted by molar-refractivity contribution is 7.75. The summed E-state index contributed by atoms with van der Waals surface area (Å²) in [7, 11) is -5.72.